The topological polar surface area (TPSA) is 129 Å². The molecule has 0 unspecified atom stereocenters. The van der Waals surface area contributed by atoms with E-state index in [4.69, 9.17) is 10.1 Å². The van der Waals surface area contributed by atoms with Crippen LogP contribution in [0.25, 0.3) is 11.3 Å². The number of amides is 1. The van der Waals surface area contributed by atoms with Gasteiger partial charge < -0.3 is 25.1 Å². The number of phenols is 1. The summed E-state index contributed by atoms with van der Waals surface area (Å²) in [6.45, 7) is 7.14. The highest BCUT2D eigenvalue weighted by Gasteiger charge is 2.25. The number of fused-ring (bicyclic) bond motifs is 1. The Morgan fingerprint density at radius 1 is 1.13 bits per heavy atom. The molecule has 9 nitrogen and oxygen atoms in total. The molecule has 0 aliphatic heterocycles. The minimum Gasteiger partial charge on any atom is -0.505 e. The van der Waals surface area contributed by atoms with Crippen molar-refractivity contribution in [1.82, 2.24) is 4.57 Å². The van der Waals surface area contributed by atoms with Crippen LogP contribution in [0.2, 0.25) is 0 Å². The molecule has 4 rings (SSSR count). The number of phenolic OH excluding ortho intramolecular Hbond substituents is 1. The van der Waals surface area contributed by atoms with Gasteiger partial charge >= 0.3 is 5.97 Å². The van der Waals surface area contributed by atoms with Crippen molar-refractivity contribution in [3.63, 3.8) is 0 Å². The maximum Gasteiger partial charge on any atom is 0.340 e. The first-order valence-electron chi connectivity index (χ1n) is 13.1. The Bertz CT molecular complexity index is 1480. The fourth-order valence-electron chi connectivity index (χ4n) is 5.11. The number of aromatic hydroxyl groups is 1. The lowest BCUT2D eigenvalue weighted by Gasteiger charge is -2.17. The summed E-state index contributed by atoms with van der Waals surface area (Å²) in [5.41, 5.74) is 9.11. The number of carbonyl (C=O) groups is 2. The number of hydrogen-bond donors (Lipinski definition) is 4. The molecular weight excluding hydrogens is 494 g/mol. The largest absolute Gasteiger partial charge is 0.505 e. The number of hydrazone groups is 1. The van der Waals surface area contributed by atoms with Crippen molar-refractivity contribution >= 4 is 34.7 Å². The van der Waals surface area contributed by atoms with E-state index in [1.165, 1.54) is 24.5 Å². The monoisotopic (exact) mass is 529 g/mol. The first-order chi connectivity index (χ1) is 18.6. The molecule has 1 amide bonds. The Morgan fingerprint density at radius 3 is 2.54 bits per heavy atom. The normalized spacial score (nSPS) is 13.0. The molecule has 3 aromatic rings. The average Bonchev–Trinajstić information content (AvgIpc) is 3.12. The van der Waals surface area contributed by atoms with Crippen molar-refractivity contribution in [3.8, 4) is 17.0 Å². The lowest BCUT2D eigenvalue weighted by Crippen LogP contribution is -2.29. The number of anilines is 2. The molecule has 4 N–H and O–H groups in total. The minimum atomic E-state index is -0.519. The van der Waals surface area contributed by atoms with E-state index in [0.717, 1.165) is 25.0 Å². The number of esters is 1. The van der Waals surface area contributed by atoms with Gasteiger partial charge in [0.1, 0.15) is 5.75 Å². The van der Waals surface area contributed by atoms with Crippen LogP contribution >= 0.6 is 0 Å². The molecule has 0 bridgehead atoms. The summed E-state index contributed by atoms with van der Waals surface area (Å²) < 4.78 is 7.06. The summed E-state index contributed by atoms with van der Waals surface area (Å²) in [5.74, 6) is -1.03. The summed E-state index contributed by atoms with van der Waals surface area (Å²) >= 11 is 0. The van der Waals surface area contributed by atoms with Gasteiger partial charge in [0.15, 0.2) is 5.71 Å². The molecule has 9 heteroatoms. The molecule has 0 spiro atoms. The van der Waals surface area contributed by atoms with Crippen LogP contribution in [0.4, 0.5) is 11.4 Å². The van der Waals surface area contributed by atoms with Crippen LogP contribution < -0.4 is 10.7 Å². The number of nitrogens with zero attached hydrogens (tertiary/aromatic N) is 2. The number of nitrogens with one attached hydrogen (secondary N) is 3. The van der Waals surface area contributed by atoms with E-state index in [-0.39, 0.29) is 29.5 Å². The van der Waals surface area contributed by atoms with Gasteiger partial charge in [-0.15, -0.1) is 0 Å². The van der Waals surface area contributed by atoms with Crippen LogP contribution in [0.3, 0.4) is 0 Å². The van der Waals surface area contributed by atoms with Gasteiger partial charge in [0, 0.05) is 24.0 Å². The molecule has 1 aliphatic rings. The van der Waals surface area contributed by atoms with Crippen molar-refractivity contribution < 1.29 is 19.4 Å². The average molecular weight is 530 g/mol. The number of para-hydroxylation sites is 1. The Morgan fingerprint density at radius 2 is 1.85 bits per heavy atom. The second-order valence-corrected chi connectivity index (χ2v) is 9.76. The van der Waals surface area contributed by atoms with Gasteiger partial charge in [-0.05, 0) is 94.3 Å². The van der Waals surface area contributed by atoms with Crippen LogP contribution in [0.1, 0.15) is 59.4 Å². The highest BCUT2D eigenvalue weighted by Crippen LogP contribution is 2.39. The third-order valence-corrected chi connectivity index (χ3v) is 7.17. The fraction of sp³-hybridized carbons (Fsp3) is 0.333. The number of aromatic nitrogens is 1. The Hall–Kier alpha value is -4.40. The van der Waals surface area contributed by atoms with Crippen molar-refractivity contribution in [1.29, 1.82) is 5.41 Å². The number of hydrogen-bond acceptors (Lipinski definition) is 7. The Balaban J connectivity index is 1.61. The standard InChI is InChI=1S/C30H35N5O4/c1-6-39-30(38)25-17(2)27(35(5)19(25)4)23-12-9-13-24(28(23)36)33-34-26(18(3)31)29(37)32-22-15-14-20-10-7-8-11-21(20)16-22/h9,12-16,31,33,36H,6-8,10-11H2,1-5H3,(H,32,37)/b31-18?,34-26-. The number of aryl methyl sites for hydroxylation is 2. The van der Waals surface area contributed by atoms with Crippen molar-refractivity contribution in [3.05, 3.63) is 64.3 Å². The molecule has 39 heavy (non-hydrogen) atoms. The molecule has 1 heterocycles. The van der Waals surface area contributed by atoms with Crippen molar-refractivity contribution in [2.75, 3.05) is 17.3 Å². The summed E-state index contributed by atoms with van der Waals surface area (Å²) in [4.78, 5) is 25.6. The van der Waals surface area contributed by atoms with Gasteiger partial charge in [0.05, 0.1) is 29.3 Å². The van der Waals surface area contributed by atoms with Crippen LogP contribution in [0.5, 0.6) is 5.75 Å². The van der Waals surface area contributed by atoms with Crippen LogP contribution in [-0.2, 0) is 29.4 Å². The second kappa shape index (κ2) is 11.6. The summed E-state index contributed by atoms with van der Waals surface area (Å²) in [6, 6.07) is 11.0. The summed E-state index contributed by atoms with van der Waals surface area (Å²) in [6.07, 6.45) is 4.35. The zero-order valence-electron chi connectivity index (χ0n) is 23.1. The molecule has 0 saturated carbocycles. The van der Waals surface area contributed by atoms with E-state index in [1.807, 2.05) is 43.7 Å². The fourth-order valence-corrected chi connectivity index (χ4v) is 5.11. The second-order valence-electron chi connectivity index (χ2n) is 9.76. The zero-order chi connectivity index (χ0) is 28.3. The number of rotatable bonds is 8. The van der Waals surface area contributed by atoms with E-state index < -0.39 is 11.9 Å². The lowest BCUT2D eigenvalue weighted by molar-refractivity contribution is -0.110. The van der Waals surface area contributed by atoms with Crippen LogP contribution in [-0.4, -0.2) is 39.6 Å². The zero-order valence-corrected chi connectivity index (χ0v) is 23.1. The number of benzene rings is 2. The first kappa shape index (κ1) is 27.6. The molecule has 0 radical (unpaired) electrons. The van der Waals surface area contributed by atoms with Gasteiger partial charge in [0.25, 0.3) is 5.91 Å². The SMILES string of the molecule is CCOC(=O)c1c(C)c(-c2cccc(N/N=C(/C(C)=N)C(=O)Nc3ccc4c(c3)CCCC4)c2O)n(C)c1C. The Labute approximate surface area is 228 Å². The quantitative estimate of drug-likeness (QED) is 0.132. The molecule has 2 aromatic carbocycles. The molecule has 0 atom stereocenters. The van der Waals surface area contributed by atoms with E-state index in [0.29, 0.717) is 28.1 Å². The van der Waals surface area contributed by atoms with Crippen molar-refractivity contribution in [2.45, 2.75) is 53.4 Å². The molecule has 204 valence electrons. The van der Waals surface area contributed by atoms with Crippen LogP contribution in [0.15, 0.2) is 41.5 Å². The Kier molecular flexibility index (Phi) is 8.18. The minimum absolute atomic E-state index is 0.0263. The first-order valence-corrected chi connectivity index (χ1v) is 13.1. The van der Waals surface area contributed by atoms with E-state index >= 15 is 0 Å². The molecule has 1 aromatic heterocycles. The van der Waals surface area contributed by atoms with E-state index in [1.54, 1.807) is 25.1 Å². The predicted octanol–water partition coefficient (Wildman–Crippen LogP) is 5.52. The molecular formula is C30H35N5O4. The van der Waals surface area contributed by atoms with Gasteiger partial charge in [-0.2, -0.15) is 5.10 Å². The number of carbonyl (C=O) groups excluding carboxylic acids is 2. The molecule has 0 fully saturated rings. The molecule has 1 aliphatic carbocycles. The maximum atomic E-state index is 13.0. The van der Waals surface area contributed by atoms with Crippen molar-refractivity contribution in [2.24, 2.45) is 12.1 Å². The third-order valence-electron chi connectivity index (χ3n) is 7.17. The maximum absolute atomic E-state index is 13.0. The highest BCUT2D eigenvalue weighted by molar-refractivity contribution is 6.67. The number of ether oxygens (including phenoxy) is 1. The van der Waals surface area contributed by atoms with E-state index in [2.05, 4.69) is 15.8 Å². The lowest BCUT2D eigenvalue weighted by atomic mass is 9.91. The van der Waals surface area contributed by atoms with Gasteiger partial charge in [0.2, 0.25) is 0 Å². The summed E-state index contributed by atoms with van der Waals surface area (Å²) in [7, 11) is 1.82. The van der Waals surface area contributed by atoms with Crippen LogP contribution in [0, 0.1) is 19.3 Å². The van der Waals surface area contributed by atoms with Gasteiger partial charge in [-0.25, -0.2) is 4.79 Å². The highest BCUT2D eigenvalue weighted by atomic mass is 16.5. The van der Waals surface area contributed by atoms with Gasteiger partial charge in [-0.3, -0.25) is 10.2 Å². The predicted molar refractivity (Wildman–Crippen MR) is 154 cm³/mol. The molecule has 0 saturated heterocycles. The smallest absolute Gasteiger partial charge is 0.340 e. The summed E-state index contributed by atoms with van der Waals surface area (Å²) in [5, 5.41) is 26.3. The van der Waals surface area contributed by atoms with Gasteiger partial charge in [-0.1, -0.05) is 12.1 Å². The third kappa shape index (κ3) is 5.57. The van der Waals surface area contributed by atoms with E-state index in [9.17, 15) is 14.7 Å².